The minimum atomic E-state index is 0.843. The fourth-order valence-corrected chi connectivity index (χ4v) is 5.21. The predicted octanol–water partition coefficient (Wildman–Crippen LogP) is 8.27. The molecule has 0 amide bonds. The first-order valence-corrected chi connectivity index (χ1v) is 13.2. The number of rotatable bonds is 7. The smallest absolute Gasteiger partial charge is 0.164 e. The summed E-state index contributed by atoms with van der Waals surface area (Å²) in [5, 5.41) is 0. The maximum Gasteiger partial charge on any atom is 0.164 e. The highest BCUT2D eigenvalue weighted by molar-refractivity contribution is 5.91. The second kappa shape index (κ2) is 10.3. The average Bonchev–Trinajstić information content (AvgIpc) is 3.38. The molecule has 0 saturated carbocycles. The van der Waals surface area contributed by atoms with Crippen LogP contribution in [0.5, 0.6) is 0 Å². The van der Waals surface area contributed by atoms with E-state index in [0.717, 1.165) is 63.6 Å². The lowest BCUT2D eigenvalue weighted by Gasteiger charge is -2.21. The molecule has 0 N–H and O–H groups in total. The fourth-order valence-electron chi connectivity index (χ4n) is 5.21. The fraction of sp³-hybridized carbons (Fsp3) is 0.118. The highest BCUT2D eigenvalue weighted by Gasteiger charge is 2.22. The van der Waals surface area contributed by atoms with Crippen molar-refractivity contribution in [2.75, 3.05) is 18.0 Å². The summed E-state index contributed by atoms with van der Waals surface area (Å²) in [6, 6.07) is 40.4. The number of hydrogen-bond acceptors (Lipinski definition) is 3. The zero-order chi connectivity index (χ0) is 25.9. The van der Waals surface area contributed by atoms with Crippen molar-refractivity contribution in [1.29, 1.82) is 0 Å². The van der Waals surface area contributed by atoms with Crippen molar-refractivity contribution in [2.45, 2.75) is 13.8 Å². The number of hydrogen-bond donors (Lipinski definition) is 0. The van der Waals surface area contributed by atoms with Gasteiger partial charge in [0.15, 0.2) is 5.65 Å². The van der Waals surface area contributed by atoms with Crippen LogP contribution in [-0.4, -0.2) is 27.6 Å². The largest absolute Gasteiger partial charge is 0.372 e. The Kier molecular flexibility index (Phi) is 6.45. The van der Waals surface area contributed by atoms with Crippen LogP contribution < -0.4 is 4.90 Å². The van der Waals surface area contributed by atoms with Crippen molar-refractivity contribution in [2.24, 2.45) is 0 Å². The molecule has 186 valence electrons. The Hall–Kier alpha value is -4.70. The van der Waals surface area contributed by atoms with Crippen LogP contribution >= 0.6 is 0 Å². The van der Waals surface area contributed by atoms with E-state index in [1.165, 1.54) is 5.69 Å². The molecule has 2 aromatic heterocycles. The van der Waals surface area contributed by atoms with Crippen molar-refractivity contribution in [3.63, 3.8) is 0 Å². The van der Waals surface area contributed by atoms with Crippen LogP contribution in [0, 0.1) is 0 Å². The molecular formula is C34H30N4. The molecule has 0 bridgehead atoms. The van der Waals surface area contributed by atoms with Crippen LogP contribution in [0.3, 0.4) is 0 Å². The van der Waals surface area contributed by atoms with Gasteiger partial charge in [0.05, 0.1) is 5.69 Å². The number of fused-ring (bicyclic) bond motifs is 1. The van der Waals surface area contributed by atoms with Crippen molar-refractivity contribution in [1.82, 2.24) is 14.5 Å². The Morgan fingerprint density at radius 1 is 0.605 bits per heavy atom. The molecule has 4 aromatic carbocycles. The van der Waals surface area contributed by atoms with Crippen molar-refractivity contribution in [3.05, 3.63) is 121 Å². The number of pyridine rings is 1. The minimum absolute atomic E-state index is 0.843. The quantitative estimate of drug-likeness (QED) is 0.224. The monoisotopic (exact) mass is 494 g/mol. The first-order chi connectivity index (χ1) is 18.8. The van der Waals surface area contributed by atoms with E-state index in [1.807, 2.05) is 18.3 Å². The maximum atomic E-state index is 5.13. The van der Waals surface area contributed by atoms with Crippen LogP contribution in [0.25, 0.3) is 50.5 Å². The van der Waals surface area contributed by atoms with E-state index in [4.69, 9.17) is 9.97 Å². The van der Waals surface area contributed by atoms with Crippen molar-refractivity contribution < 1.29 is 0 Å². The Morgan fingerprint density at radius 3 is 1.79 bits per heavy atom. The number of para-hydroxylation sites is 1. The molecule has 4 heteroatoms. The summed E-state index contributed by atoms with van der Waals surface area (Å²) in [7, 11) is 0. The normalized spacial score (nSPS) is 11.1. The molecule has 0 radical (unpaired) electrons. The molecule has 38 heavy (non-hydrogen) atoms. The minimum Gasteiger partial charge on any atom is -0.372 e. The summed E-state index contributed by atoms with van der Waals surface area (Å²) in [5.41, 5.74) is 9.65. The molecule has 4 nitrogen and oxygen atoms in total. The van der Waals surface area contributed by atoms with Gasteiger partial charge in [-0.1, -0.05) is 78.9 Å². The van der Waals surface area contributed by atoms with Crippen LogP contribution in [0.2, 0.25) is 0 Å². The molecule has 2 heterocycles. The molecule has 0 atom stereocenters. The van der Waals surface area contributed by atoms with Gasteiger partial charge in [0.25, 0.3) is 0 Å². The van der Waals surface area contributed by atoms with Gasteiger partial charge in [-0.2, -0.15) is 0 Å². The predicted molar refractivity (Wildman–Crippen MR) is 159 cm³/mol. The van der Waals surface area contributed by atoms with Gasteiger partial charge >= 0.3 is 0 Å². The zero-order valence-corrected chi connectivity index (χ0v) is 21.8. The number of nitrogens with zero attached hydrogens (tertiary/aromatic N) is 4. The zero-order valence-electron chi connectivity index (χ0n) is 21.8. The highest BCUT2D eigenvalue weighted by Crippen LogP contribution is 2.39. The van der Waals surface area contributed by atoms with Gasteiger partial charge in [0.1, 0.15) is 11.3 Å². The first kappa shape index (κ1) is 23.7. The molecule has 0 fully saturated rings. The summed E-state index contributed by atoms with van der Waals surface area (Å²) >= 11 is 0. The first-order valence-electron chi connectivity index (χ1n) is 13.2. The summed E-state index contributed by atoms with van der Waals surface area (Å²) in [6.45, 7) is 6.33. The number of anilines is 1. The van der Waals surface area contributed by atoms with E-state index in [2.05, 4.69) is 126 Å². The number of aromatic nitrogens is 3. The van der Waals surface area contributed by atoms with Gasteiger partial charge in [0.2, 0.25) is 0 Å². The molecule has 0 spiro atoms. The van der Waals surface area contributed by atoms with E-state index in [0.29, 0.717) is 0 Å². The average molecular weight is 495 g/mol. The second-order valence-electron chi connectivity index (χ2n) is 9.27. The third-order valence-electron chi connectivity index (χ3n) is 7.10. The van der Waals surface area contributed by atoms with Gasteiger partial charge in [-0.05, 0) is 61.4 Å². The van der Waals surface area contributed by atoms with Crippen LogP contribution in [0.1, 0.15) is 13.8 Å². The number of benzene rings is 4. The van der Waals surface area contributed by atoms with Crippen LogP contribution in [-0.2, 0) is 0 Å². The van der Waals surface area contributed by atoms with Gasteiger partial charge in [-0.3, -0.25) is 4.57 Å². The molecule has 0 aliphatic rings. The lowest BCUT2D eigenvalue weighted by molar-refractivity contribution is 0.866. The third-order valence-corrected chi connectivity index (χ3v) is 7.10. The summed E-state index contributed by atoms with van der Waals surface area (Å²) in [4.78, 5) is 12.3. The molecule has 6 rings (SSSR count). The molecule has 0 aliphatic carbocycles. The van der Waals surface area contributed by atoms with E-state index in [-0.39, 0.29) is 0 Å². The molecular weight excluding hydrogens is 464 g/mol. The summed E-state index contributed by atoms with van der Waals surface area (Å²) in [5.74, 6) is 0.880. The van der Waals surface area contributed by atoms with E-state index in [1.54, 1.807) is 0 Å². The van der Waals surface area contributed by atoms with Crippen LogP contribution in [0.4, 0.5) is 5.69 Å². The molecule has 0 aliphatic heterocycles. The van der Waals surface area contributed by atoms with E-state index in [9.17, 15) is 0 Å². The van der Waals surface area contributed by atoms with Gasteiger partial charge in [0, 0.05) is 41.7 Å². The van der Waals surface area contributed by atoms with Crippen molar-refractivity contribution >= 4 is 16.9 Å². The Morgan fingerprint density at radius 2 is 1.21 bits per heavy atom. The van der Waals surface area contributed by atoms with Crippen LogP contribution in [0.15, 0.2) is 121 Å². The second-order valence-corrected chi connectivity index (χ2v) is 9.27. The standard InChI is InChI=1S/C34H30N4/c1-3-37(4-2)28-22-20-27(21-23-28)33-36-31-19-12-24-35-34(31)38(33)32-29(25-13-7-5-8-14-25)17-11-18-30(32)26-15-9-6-10-16-26/h5-24H,3-4H2,1-2H3. The third kappa shape index (κ3) is 4.24. The Bertz CT molecular complexity index is 1610. The maximum absolute atomic E-state index is 5.13. The van der Waals surface area contributed by atoms with E-state index >= 15 is 0 Å². The van der Waals surface area contributed by atoms with Gasteiger partial charge in [-0.15, -0.1) is 0 Å². The molecule has 0 unspecified atom stereocenters. The Balaban J connectivity index is 1.66. The topological polar surface area (TPSA) is 34.0 Å². The SMILES string of the molecule is CCN(CC)c1ccc(-c2nc3cccnc3n2-c2c(-c3ccccc3)cccc2-c2ccccc2)cc1. The highest BCUT2D eigenvalue weighted by atomic mass is 15.1. The lowest BCUT2D eigenvalue weighted by Crippen LogP contribution is -2.21. The van der Waals surface area contributed by atoms with Gasteiger partial charge < -0.3 is 4.90 Å². The van der Waals surface area contributed by atoms with E-state index < -0.39 is 0 Å². The lowest BCUT2D eigenvalue weighted by atomic mass is 9.95. The Labute approximate surface area is 223 Å². The van der Waals surface area contributed by atoms with Gasteiger partial charge in [-0.25, -0.2) is 9.97 Å². The molecule has 0 saturated heterocycles. The number of imidazole rings is 1. The summed E-state index contributed by atoms with van der Waals surface area (Å²) < 4.78 is 2.24. The summed E-state index contributed by atoms with van der Waals surface area (Å²) in [6.07, 6.45) is 1.85. The molecule has 6 aromatic rings. The van der Waals surface area contributed by atoms with Crippen molar-refractivity contribution in [3.8, 4) is 39.3 Å².